The van der Waals surface area contributed by atoms with Crippen LogP contribution in [0.2, 0.25) is 0 Å². The molecule has 2 aliphatic rings. The van der Waals surface area contributed by atoms with Crippen molar-refractivity contribution in [1.29, 1.82) is 0 Å². The molecule has 33 heavy (non-hydrogen) atoms. The van der Waals surface area contributed by atoms with E-state index in [0.717, 1.165) is 47.6 Å². The van der Waals surface area contributed by atoms with E-state index in [4.69, 9.17) is 4.98 Å². The molecule has 0 saturated carbocycles. The first kappa shape index (κ1) is 21.3. The van der Waals surface area contributed by atoms with Crippen LogP contribution in [-0.4, -0.2) is 45.3 Å². The van der Waals surface area contributed by atoms with E-state index in [2.05, 4.69) is 40.0 Å². The maximum atomic E-state index is 13.0. The summed E-state index contributed by atoms with van der Waals surface area (Å²) in [6, 6.07) is 16.3. The van der Waals surface area contributed by atoms with E-state index in [-0.39, 0.29) is 11.9 Å². The van der Waals surface area contributed by atoms with Crippen LogP contribution in [0.1, 0.15) is 36.5 Å². The van der Waals surface area contributed by atoms with Crippen LogP contribution in [0.4, 0.5) is 11.5 Å². The summed E-state index contributed by atoms with van der Waals surface area (Å²) in [6.45, 7) is 8.31. The fourth-order valence-electron chi connectivity index (χ4n) is 4.68. The summed E-state index contributed by atoms with van der Waals surface area (Å²) in [4.78, 5) is 26.4. The molecule has 1 aromatic heterocycles. The van der Waals surface area contributed by atoms with E-state index >= 15 is 0 Å². The number of aromatic nitrogens is 2. The van der Waals surface area contributed by atoms with Crippen LogP contribution in [0.5, 0.6) is 0 Å². The van der Waals surface area contributed by atoms with Gasteiger partial charge in [-0.15, -0.1) is 0 Å². The second-order valence-electron chi connectivity index (χ2n) is 9.06. The zero-order valence-corrected chi connectivity index (χ0v) is 19.2. The number of rotatable bonds is 5. The molecule has 0 aliphatic carbocycles. The molecule has 0 spiro atoms. The number of nitrogens with one attached hydrogen (secondary N) is 1. The molecule has 1 amide bonds. The lowest BCUT2D eigenvalue weighted by Crippen LogP contribution is -2.41. The van der Waals surface area contributed by atoms with Crippen molar-refractivity contribution in [3.63, 3.8) is 0 Å². The standard InChI is InChI=1S/C27H29N5O/c1-18(2)19-8-10-23(11-9-19)29-25-12-13-28-26(30-25)20-6-7-21-16-32(17-22(21)15-20)27(33)24-5-4-14-31(24)3/h6-13,15,24H,1,4-5,14,16-17H2,2-3H3,(H,28,29,30)/t24-/m0/s1. The number of likely N-dealkylation sites (N-methyl/N-ethyl adjacent to an activating group) is 1. The van der Waals surface area contributed by atoms with Crippen LogP contribution in [-0.2, 0) is 17.9 Å². The van der Waals surface area contributed by atoms with Gasteiger partial charge < -0.3 is 10.2 Å². The molecule has 6 heteroatoms. The van der Waals surface area contributed by atoms with Gasteiger partial charge in [0, 0.05) is 30.5 Å². The van der Waals surface area contributed by atoms with Crippen molar-refractivity contribution in [1.82, 2.24) is 19.8 Å². The summed E-state index contributed by atoms with van der Waals surface area (Å²) in [5.41, 5.74) is 6.47. The van der Waals surface area contributed by atoms with Gasteiger partial charge in [0.05, 0.1) is 6.04 Å². The van der Waals surface area contributed by atoms with Crippen molar-refractivity contribution in [3.8, 4) is 11.4 Å². The number of likely N-dealkylation sites (tertiary alicyclic amines) is 1. The number of hydrogen-bond acceptors (Lipinski definition) is 5. The lowest BCUT2D eigenvalue weighted by atomic mass is 10.1. The minimum absolute atomic E-state index is 0.0225. The highest BCUT2D eigenvalue weighted by molar-refractivity contribution is 5.83. The summed E-state index contributed by atoms with van der Waals surface area (Å²) in [7, 11) is 2.05. The Bertz CT molecular complexity index is 1200. The van der Waals surface area contributed by atoms with Gasteiger partial charge in [-0.3, -0.25) is 9.69 Å². The number of hydrogen-bond donors (Lipinski definition) is 1. The molecule has 0 radical (unpaired) electrons. The number of benzene rings is 2. The summed E-state index contributed by atoms with van der Waals surface area (Å²) in [5, 5.41) is 3.35. The summed E-state index contributed by atoms with van der Waals surface area (Å²) in [6.07, 6.45) is 3.82. The highest BCUT2D eigenvalue weighted by Crippen LogP contribution is 2.30. The molecule has 0 unspecified atom stereocenters. The molecule has 3 aromatic rings. The number of anilines is 2. The van der Waals surface area contributed by atoms with Crippen LogP contribution < -0.4 is 5.32 Å². The summed E-state index contributed by atoms with van der Waals surface area (Å²) in [5.74, 6) is 1.65. The minimum atomic E-state index is 0.0225. The molecule has 168 valence electrons. The fourth-order valence-corrected chi connectivity index (χ4v) is 4.68. The molecule has 6 nitrogen and oxygen atoms in total. The highest BCUT2D eigenvalue weighted by atomic mass is 16.2. The second kappa shape index (κ2) is 8.79. The van der Waals surface area contributed by atoms with E-state index in [1.807, 2.05) is 49.2 Å². The molecule has 3 heterocycles. The Morgan fingerprint density at radius 2 is 1.88 bits per heavy atom. The SMILES string of the molecule is C=C(C)c1ccc(Nc2ccnc(-c3ccc4c(c3)CN(C(=O)[C@@H]3CCCN3C)C4)n2)cc1. The Morgan fingerprint density at radius 1 is 1.09 bits per heavy atom. The van der Waals surface area contributed by atoms with E-state index in [9.17, 15) is 4.79 Å². The van der Waals surface area contributed by atoms with E-state index in [0.29, 0.717) is 18.9 Å². The molecule has 2 aromatic carbocycles. The van der Waals surface area contributed by atoms with E-state index in [1.54, 1.807) is 6.20 Å². The molecular weight excluding hydrogens is 410 g/mol. The first-order valence-electron chi connectivity index (χ1n) is 11.4. The molecule has 1 atom stereocenters. The van der Waals surface area contributed by atoms with E-state index in [1.165, 1.54) is 11.1 Å². The third-order valence-corrected chi connectivity index (χ3v) is 6.61. The molecule has 1 N–H and O–H groups in total. The fraction of sp³-hybridized carbons (Fsp3) is 0.296. The normalized spacial score (nSPS) is 17.8. The van der Waals surface area contributed by atoms with Crippen LogP contribution in [0, 0.1) is 0 Å². The van der Waals surface area contributed by atoms with Gasteiger partial charge in [0.2, 0.25) is 5.91 Å². The van der Waals surface area contributed by atoms with Gasteiger partial charge in [-0.05, 0) is 74.3 Å². The topological polar surface area (TPSA) is 61.4 Å². The summed E-state index contributed by atoms with van der Waals surface area (Å²) >= 11 is 0. The smallest absolute Gasteiger partial charge is 0.240 e. The van der Waals surface area contributed by atoms with Crippen LogP contribution in [0.15, 0.2) is 61.3 Å². The average molecular weight is 440 g/mol. The van der Waals surface area contributed by atoms with Gasteiger partial charge in [0.1, 0.15) is 5.82 Å². The lowest BCUT2D eigenvalue weighted by molar-refractivity contribution is -0.136. The largest absolute Gasteiger partial charge is 0.340 e. The molecule has 1 fully saturated rings. The number of allylic oxidation sites excluding steroid dienone is 1. The Labute approximate surface area is 195 Å². The van der Waals surface area contributed by atoms with Crippen molar-refractivity contribution in [2.45, 2.75) is 38.9 Å². The molecule has 1 saturated heterocycles. The third-order valence-electron chi connectivity index (χ3n) is 6.61. The first-order valence-corrected chi connectivity index (χ1v) is 11.4. The van der Waals surface area contributed by atoms with Gasteiger partial charge in [0.25, 0.3) is 0 Å². The van der Waals surface area contributed by atoms with Crippen molar-refractivity contribution in [3.05, 3.63) is 78.0 Å². The van der Waals surface area contributed by atoms with Crippen LogP contribution >= 0.6 is 0 Å². The van der Waals surface area contributed by atoms with Crippen molar-refractivity contribution in [2.75, 3.05) is 18.9 Å². The number of amides is 1. The van der Waals surface area contributed by atoms with Gasteiger partial charge in [-0.1, -0.05) is 36.4 Å². The predicted molar refractivity (Wildman–Crippen MR) is 132 cm³/mol. The van der Waals surface area contributed by atoms with Gasteiger partial charge >= 0.3 is 0 Å². The van der Waals surface area contributed by atoms with Crippen LogP contribution in [0.3, 0.4) is 0 Å². The highest BCUT2D eigenvalue weighted by Gasteiger charge is 2.34. The Morgan fingerprint density at radius 3 is 2.61 bits per heavy atom. The van der Waals surface area contributed by atoms with Gasteiger partial charge in [0.15, 0.2) is 5.82 Å². The lowest BCUT2D eigenvalue weighted by Gasteiger charge is -2.24. The number of carbonyl (C=O) groups excluding carboxylic acids is 1. The monoisotopic (exact) mass is 439 g/mol. The molecule has 0 bridgehead atoms. The maximum Gasteiger partial charge on any atom is 0.240 e. The number of fused-ring (bicyclic) bond motifs is 1. The quantitative estimate of drug-likeness (QED) is 0.615. The van der Waals surface area contributed by atoms with Crippen LogP contribution in [0.25, 0.3) is 17.0 Å². The predicted octanol–water partition coefficient (Wildman–Crippen LogP) is 4.86. The zero-order chi connectivity index (χ0) is 22.9. The summed E-state index contributed by atoms with van der Waals surface area (Å²) < 4.78 is 0. The van der Waals surface area contributed by atoms with Crippen molar-refractivity contribution >= 4 is 23.0 Å². The van der Waals surface area contributed by atoms with Gasteiger partial charge in [-0.2, -0.15) is 0 Å². The molecular formula is C27H29N5O. The Kier molecular flexibility index (Phi) is 5.68. The maximum absolute atomic E-state index is 13.0. The van der Waals surface area contributed by atoms with Crippen molar-refractivity contribution in [2.24, 2.45) is 0 Å². The van der Waals surface area contributed by atoms with Crippen molar-refractivity contribution < 1.29 is 4.79 Å². The van der Waals surface area contributed by atoms with E-state index < -0.39 is 0 Å². The third kappa shape index (κ3) is 4.39. The number of nitrogens with zero attached hydrogens (tertiary/aromatic N) is 4. The Balaban J connectivity index is 1.31. The number of carbonyl (C=O) groups is 1. The first-order chi connectivity index (χ1) is 16.0. The Hall–Kier alpha value is -3.51. The van der Waals surface area contributed by atoms with Gasteiger partial charge in [-0.25, -0.2) is 9.97 Å². The molecule has 2 aliphatic heterocycles. The zero-order valence-electron chi connectivity index (χ0n) is 19.2. The second-order valence-corrected chi connectivity index (χ2v) is 9.06. The molecule has 5 rings (SSSR count). The average Bonchev–Trinajstić information content (AvgIpc) is 3.44. The minimum Gasteiger partial charge on any atom is -0.340 e.